The Kier molecular flexibility index (Phi) is 9.57. The Hall–Kier alpha value is -3.84. The molecule has 4 aromatic rings. The molecular weight excluding hydrogens is 530 g/mol. The zero-order valence-electron chi connectivity index (χ0n) is 23.7. The van der Waals surface area contributed by atoms with E-state index in [1.165, 1.54) is 0 Å². The molecule has 0 spiro atoms. The lowest BCUT2D eigenvalue weighted by atomic mass is 9.87. The number of imidazole rings is 1. The molecular formula is C34H37N3O3S. The molecule has 41 heavy (non-hydrogen) atoms. The lowest BCUT2D eigenvalue weighted by Crippen LogP contribution is -2.28. The van der Waals surface area contributed by atoms with Crippen LogP contribution in [0, 0.1) is 5.92 Å². The number of benzene rings is 3. The summed E-state index contributed by atoms with van der Waals surface area (Å²) in [6, 6.07) is 21.8. The summed E-state index contributed by atoms with van der Waals surface area (Å²) in [6.07, 6.45) is 8.52. The van der Waals surface area contributed by atoms with Crippen LogP contribution in [0.1, 0.15) is 76.6 Å². The molecule has 0 saturated heterocycles. The summed E-state index contributed by atoms with van der Waals surface area (Å²) in [7, 11) is 0. The number of aromatic nitrogens is 2. The number of hydrogen-bond donors (Lipinski definition) is 1. The van der Waals surface area contributed by atoms with Crippen LogP contribution in [0.2, 0.25) is 0 Å². The van der Waals surface area contributed by atoms with E-state index < -0.39 is 0 Å². The molecule has 0 radical (unpaired) electrons. The highest BCUT2D eigenvalue weighted by molar-refractivity contribution is 7.98. The maximum atomic E-state index is 13.1. The quantitative estimate of drug-likeness (QED) is 0.182. The molecule has 0 bridgehead atoms. The molecule has 1 amide bonds. The Morgan fingerprint density at radius 2 is 1.88 bits per heavy atom. The molecule has 6 nitrogen and oxygen atoms in total. The smallest absolute Gasteiger partial charge is 0.252 e. The monoisotopic (exact) mass is 567 g/mol. The molecule has 1 N–H and O–H groups in total. The number of ketones is 1. The first-order valence-corrected chi connectivity index (χ1v) is 15.4. The summed E-state index contributed by atoms with van der Waals surface area (Å²) < 4.78 is 8.81. The maximum absolute atomic E-state index is 13.1. The van der Waals surface area contributed by atoms with Crippen LogP contribution in [0.3, 0.4) is 0 Å². The first-order valence-electron chi connectivity index (χ1n) is 14.4. The van der Waals surface area contributed by atoms with Crippen molar-refractivity contribution in [3.05, 3.63) is 113 Å². The van der Waals surface area contributed by atoms with Gasteiger partial charge in [0.05, 0.1) is 18.4 Å². The maximum Gasteiger partial charge on any atom is 0.252 e. The van der Waals surface area contributed by atoms with Crippen molar-refractivity contribution in [3.63, 3.8) is 0 Å². The molecule has 5 rings (SSSR count). The second kappa shape index (κ2) is 13.7. The zero-order chi connectivity index (χ0) is 28.6. The van der Waals surface area contributed by atoms with E-state index in [0.29, 0.717) is 36.7 Å². The van der Waals surface area contributed by atoms with E-state index in [1.807, 2.05) is 65.4 Å². The van der Waals surface area contributed by atoms with Gasteiger partial charge in [0.15, 0.2) is 5.78 Å². The molecule has 2 atom stereocenters. The summed E-state index contributed by atoms with van der Waals surface area (Å²) >= 11 is 1.62. The van der Waals surface area contributed by atoms with E-state index in [-0.39, 0.29) is 17.8 Å². The van der Waals surface area contributed by atoms with Crippen molar-refractivity contribution in [2.45, 2.75) is 62.8 Å². The second-order valence-electron chi connectivity index (χ2n) is 10.6. The van der Waals surface area contributed by atoms with E-state index in [4.69, 9.17) is 4.74 Å². The lowest BCUT2D eigenvalue weighted by Gasteiger charge is -2.26. The Labute approximate surface area is 246 Å². The number of carbonyl (C=O) groups is 2. The zero-order valence-corrected chi connectivity index (χ0v) is 24.5. The van der Waals surface area contributed by atoms with Gasteiger partial charge in [-0.2, -0.15) is 0 Å². The average molecular weight is 568 g/mol. The number of nitrogens with zero attached hydrogens (tertiary/aromatic N) is 2. The lowest BCUT2D eigenvalue weighted by molar-refractivity contribution is 0.0942. The van der Waals surface area contributed by atoms with Gasteiger partial charge >= 0.3 is 0 Å². The number of carbonyl (C=O) groups excluding carboxylic acids is 2. The third-order valence-corrected chi connectivity index (χ3v) is 8.81. The predicted molar refractivity (Wildman–Crippen MR) is 164 cm³/mol. The summed E-state index contributed by atoms with van der Waals surface area (Å²) in [6.45, 7) is 5.52. The van der Waals surface area contributed by atoms with Gasteiger partial charge in [-0.15, -0.1) is 11.8 Å². The van der Waals surface area contributed by atoms with E-state index in [1.54, 1.807) is 24.3 Å². The fourth-order valence-corrected chi connectivity index (χ4v) is 6.21. The van der Waals surface area contributed by atoms with Crippen LogP contribution >= 0.6 is 11.8 Å². The van der Waals surface area contributed by atoms with E-state index in [0.717, 1.165) is 52.2 Å². The van der Waals surface area contributed by atoms with Crippen LogP contribution in [0.15, 0.2) is 90.3 Å². The Bertz CT molecular complexity index is 1470. The molecule has 7 heteroatoms. The van der Waals surface area contributed by atoms with Crippen molar-refractivity contribution in [3.8, 4) is 5.75 Å². The number of Topliss-reactive ketones (excluding diaryl/α,β-unsaturated/α-hetero) is 1. The largest absolute Gasteiger partial charge is 0.484 e. The number of rotatable bonds is 12. The Balaban J connectivity index is 1.45. The molecule has 1 heterocycles. The van der Waals surface area contributed by atoms with Crippen molar-refractivity contribution in [1.29, 1.82) is 0 Å². The van der Waals surface area contributed by atoms with Gasteiger partial charge in [-0.3, -0.25) is 9.59 Å². The predicted octanol–water partition coefficient (Wildman–Crippen LogP) is 7.29. The highest BCUT2D eigenvalue weighted by Gasteiger charge is 2.25. The molecule has 3 aromatic carbocycles. The minimum Gasteiger partial charge on any atom is -0.484 e. The number of fused-ring (bicyclic) bond motifs is 1. The van der Waals surface area contributed by atoms with Gasteiger partial charge in [-0.1, -0.05) is 62.7 Å². The van der Waals surface area contributed by atoms with Crippen LogP contribution in [0.5, 0.6) is 5.75 Å². The number of amides is 1. The fourth-order valence-electron chi connectivity index (χ4n) is 5.10. The van der Waals surface area contributed by atoms with Gasteiger partial charge in [0.1, 0.15) is 11.9 Å². The molecule has 1 aromatic heterocycles. The van der Waals surface area contributed by atoms with Gasteiger partial charge in [-0.25, -0.2) is 4.98 Å². The van der Waals surface area contributed by atoms with Crippen LogP contribution in [0.4, 0.5) is 0 Å². The van der Waals surface area contributed by atoms with Gasteiger partial charge in [0, 0.05) is 47.1 Å². The Morgan fingerprint density at radius 3 is 2.66 bits per heavy atom. The van der Waals surface area contributed by atoms with Gasteiger partial charge in [0.2, 0.25) is 0 Å². The van der Waals surface area contributed by atoms with Crippen molar-refractivity contribution >= 4 is 23.5 Å². The minimum absolute atomic E-state index is 0.0559. The molecule has 1 aliphatic rings. The summed E-state index contributed by atoms with van der Waals surface area (Å²) in [5.74, 6) is 1.92. The average Bonchev–Trinajstić information content (AvgIpc) is 3.52. The SMILES string of the molecule is CCC(C)CNC(=O)c1ccccc1SCc1c(OC(Cn2ccnc2)c2ccccc2)ccc2c1CCCC2=O. The summed E-state index contributed by atoms with van der Waals surface area (Å²) in [5.41, 5.74) is 4.63. The molecule has 0 aliphatic heterocycles. The molecule has 212 valence electrons. The Morgan fingerprint density at radius 1 is 1.07 bits per heavy atom. The number of thioether (sulfide) groups is 1. The van der Waals surface area contributed by atoms with Crippen LogP contribution in [-0.4, -0.2) is 27.8 Å². The van der Waals surface area contributed by atoms with Crippen LogP contribution in [-0.2, 0) is 18.7 Å². The third kappa shape index (κ3) is 7.09. The summed E-state index contributed by atoms with van der Waals surface area (Å²) in [5, 5.41) is 3.09. The van der Waals surface area contributed by atoms with Gasteiger partial charge in [0.25, 0.3) is 5.91 Å². The number of nitrogens with one attached hydrogen (secondary N) is 1. The highest BCUT2D eigenvalue weighted by atomic mass is 32.2. The van der Waals surface area contributed by atoms with Gasteiger partial charge < -0.3 is 14.6 Å². The first-order chi connectivity index (χ1) is 20.0. The van der Waals surface area contributed by atoms with Crippen LogP contribution < -0.4 is 10.1 Å². The molecule has 2 unspecified atom stereocenters. The standard InChI is InChI=1S/C34H37N3O3S/c1-3-24(2)20-36-34(39)28-12-7-8-15-33(28)41-22-29-26-13-9-14-30(38)27(26)16-17-31(29)40-32(21-37-19-18-35-23-37)25-10-5-4-6-11-25/h4-8,10-12,15-19,23-24,32H,3,9,13-14,20-22H2,1-2H3,(H,36,39). The minimum atomic E-state index is -0.245. The third-order valence-electron chi connectivity index (χ3n) is 7.71. The highest BCUT2D eigenvalue weighted by Crippen LogP contribution is 2.38. The molecule has 1 aliphatic carbocycles. The molecule has 0 saturated carbocycles. The van der Waals surface area contributed by atoms with E-state index >= 15 is 0 Å². The normalized spacial score (nSPS) is 14.2. The fraction of sp³-hybridized carbons (Fsp3) is 0.324. The van der Waals surface area contributed by atoms with Crippen molar-refractivity contribution in [1.82, 2.24) is 14.9 Å². The topological polar surface area (TPSA) is 73.2 Å². The van der Waals surface area contributed by atoms with Crippen molar-refractivity contribution < 1.29 is 14.3 Å². The van der Waals surface area contributed by atoms with E-state index in [9.17, 15) is 9.59 Å². The first kappa shape index (κ1) is 28.7. The van der Waals surface area contributed by atoms with E-state index in [2.05, 4.69) is 36.3 Å². The summed E-state index contributed by atoms with van der Waals surface area (Å²) in [4.78, 5) is 31.1. The van der Waals surface area contributed by atoms with Crippen molar-refractivity contribution in [2.75, 3.05) is 6.54 Å². The molecule has 0 fully saturated rings. The van der Waals surface area contributed by atoms with Crippen molar-refractivity contribution in [2.24, 2.45) is 5.92 Å². The number of hydrogen-bond acceptors (Lipinski definition) is 5. The van der Waals surface area contributed by atoms with Gasteiger partial charge in [-0.05, 0) is 54.2 Å². The second-order valence-corrected chi connectivity index (χ2v) is 11.6. The van der Waals surface area contributed by atoms with Crippen LogP contribution in [0.25, 0.3) is 0 Å². The number of ether oxygens (including phenoxy) is 1.